The van der Waals surface area contributed by atoms with Crippen LogP contribution in [0.3, 0.4) is 0 Å². The summed E-state index contributed by atoms with van der Waals surface area (Å²) in [6.45, 7) is 6.37. The molecule has 30 heavy (non-hydrogen) atoms. The van der Waals surface area contributed by atoms with Gasteiger partial charge in [-0.2, -0.15) is 0 Å². The van der Waals surface area contributed by atoms with E-state index in [1.165, 1.54) is 5.56 Å². The van der Waals surface area contributed by atoms with Crippen molar-refractivity contribution in [1.82, 2.24) is 10.2 Å². The highest BCUT2D eigenvalue weighted by molar-refractivity contribution is 9.10. The van der Waals surface area contributed by atoms with Crippen LogP contribution < -0.4 is 5.32 Å². The van der Waals surface area contributed by atoms with Gasteiger partial charge < -0.3 is 10.2 Å². The fourth-order valence-electron chi connectivity index (χ4n) is 3.20. The maximum Gasteiger partial charge on any atom is 0.242 e. The first kappa shape index (κ1) is 24.5. The smallest absolute Gasteiger partial charge is 0.242 e. The molecular weight excluding hydrogens is 460 g/mol. The van der Waals surface area contributed by atoms with Gasteiger partial charge in [-0.3, -0.25) is 9.59 Å². The molecule has 0 bridgehead atoms. The maximum atomic E-state index is 13.1. The molecule has 1 unspecified atom stereocenters. The Morgan fingerprint density at radius 3 is 2.30 bits per heavy atom. The number of halogens is 1. The van der Waals surface area contributed by atoms with Gasteiger partial charge in [-0.15, -0.1) is 11.8 Å². The summed E-state index contributed by atoms with van der Waals surface area (Å²) in [4.78, 5) is 27.6. The molecule has 1 N–H and O–H groups in total. The molecule has 0 fully saturated rings. The van der Waals surface area contributed by atoms with Crippen molar-refractivity contribution in [3.8, 4) is 0 Å². The van der Waals surface area contributed by atoms with E-state index in [0.717, 1.165) is 22.2 Å². The highest BCUT2D eigenvalue weighted by atomic mass is 79.9. The third-order valence-corrected chi connectivity index (χ3v) is 6.23. The van der Waals surface area contributed by atoms with Gasteiger partial charge in [0.1, 0.15) is 6.04 Å². The predicted octanol–water partition coefficient (Wildman–Crippen LogP) is 5.06. The normalized spacial score (nSPS) is 11.9. The second-order valence-electron chi connectivity index (χ2n) is 7.53. The van der Waals surface area contributed by atoms with Gasteiger partial charge in [0.25, 0.3) is 0 Å². The molecule has 0 heterocycles. The second-order valence-corrected chi connectivity index (χ2v) is 9.43. The number of nitrogens with zero attached hydrogens (tertiary/aromatic N) is 1. The topological polar surface area (TPSA) is 49.4 Å². The Balaban J connectivity index is 2.04. The number of amides is 2. The minimum atomic E-state index is -0.447. The Hall–Kier alpha value is -1.79. The van der Waals surface area contributed by atoms with Gasteiger partial charge in [0, 0.05) is 22.8 Å². The Morgan fingerprint density at radius 1 is 1.03 bits per heavy atom. The molecule has 0 spiro atoms. The van der Waals surface area contributed by atoms with E-state index in [2.05, 4.69) is 45.5 Å². The lowest BCUT2D eigenvalue weighted by molar-refractivity contribution is -0.139. The summed E-state index contributed by atoms with van der Waals surface area (Å²) < 4.78 is 1.04. The molecule has 162 valence electrons. The highest BCUT2D eigenvalue weighted by Gasteiger charge is 2.28. The van der Waals surface area contributed by atoms with Crippen LogP contribution in [0.4, 0.5) is 0 Å². The molecule has 2 rings (SSSR count). The minimum Gasteiger partial charge on any atom is -0.352 e. The van der Waals surface area contributed by atoms with Gasteiger partial charge in [-0.1, -0.05) is 65.3 Å². The van der Waals surface area contributed by atoms with Crippen molar-refractivity contribution < 1.29 is 9.59 Å². The molecule has 0 saturated heterocycles. The third-order valence-electron chi connectivity index (χ3n) is 4.71. The average molecular weight is 491 g/mol. The molecule has 0 saturated carbocycles. The van der Waals surface area contributed by atoms with Crippen LogP contribution >= 0.6 is 27.7 Å². The minimum absolute atomic E-state index is 0.0128. The summed E-state index contributed by atoms with van der Waals surface area (Å²) in [5.74, 6) is 1.06. The van der Waals surface area contributed by atoms with E-state index in [9.17, 15) is 9.59 Å². The van der Waals surface area contributed by atoms with E-state index >= 15 is 0 Å². The molecule has 4 nitrogen and oxygen atoms in total. The number of nitrogens with one attached hydrogen (secondary N) is 1. The summed E-state index contributed by atoms with van der Waals surface area (Å²) >= 11 is 5.03. The number of carbonyl (C=O) groups is 2. The fraction of sp³-hybridized carbons (Fsp3) is 0.417. The van der Waals surface area contributed by atoms with Crippen molar-refractivity contribution in [1.29, 1.82) is 0 Å². The van der Waals surface area contributed by atoms with E-state index in [1.807, 2.05) is 51.1 Å². The van der Waals surface area contributed by atoms with Crippen molar-refractivity contribution in [2.75, 3.05) is 12.3 Å². The summed E-state index contributed by atoms with van der Waals surface area (Å²) in [5.41, 5.74) is 2.34. The lowest BCUT2D eigenvalue weighted by Crippen LogP contribution is -2.51. The molecule has 0 aromatic heterocycles. The summed E-state index contributed by atoms with van der Waals surface area (Å²) in [5, 5.41) is 2.97. The van der Waals surface area contributed by atoms with Crippen molar-refractivity contribution >= 4 is 39.5 Å². The number of rotatable bonds is 11. The SMILES string of the molecule is CCC(C(=O)NC(C)C)N(CCc1ccccc1)C(=O)CSCc1ccc(Br)cc1. The molecule has 2 aromatic rings. The number of hydrogen-bond acceptors (Lipinski definition) is 3. The monoisotopic (exact) mass is 490 g/mol. The van der Waals surface area contributed by atoms with E-state index in [4.69, 9.17) is 0 Å². The predicted molar refractivity (Wildman–Crippen MR) is 130 cm³/mol. The van der Waals surface area contributed by atoms with Gasteiger partial charge in [0.2, 0.25) is 11.8 Å². The van der Waals surface area contributed by atoms with E-state index in [0.29, 0.717) is 18.7 Å². The van der Waals surface area contributed by atoms with Gasteiger partial charge in [0.15, 0.2) is 0 Å². The fourth-order valence-corrected chi connectivity index (χ4v) is 4.33. The third kappa shape index (κ3) is 8.15. The summed E-state index contributed by atoms with van der Waals surface area (Å²) in [7, 11) is 0. The number of thioether (sulfide) groups is 1. The standard InChI is InChI=1S/C24H31BrN2O2S/c1-4-22(24(29)26-18(2)3)27(15-14-19-8-6-5-7-9-19)23(28)17-30-16-20-10-12-21(25)13-11-20/h5-13,18,22H,4,14-17H2,1-3H3,(H,26,29). The molecule has 6 heteroatoms. The zero-order valence-electron chi connectivity index (χ0n) is 17.9. The molecule has 2 aromatic carbocycles. The Kier molecular flexibility index (Phi) is 10.4. The Bertz CT molecular complexity index is 797. The zero-order chi connectivity index (χ0) is 21.9. The largest absolute Gasteiger partial charge is 0.352 e. The molecule has 1 atom stereocenters. The second kappa shape index (κ2) is 12.8. The molecule has 2 amide bonds. The zero-order valence-corrected chi connectivity index (χ0v) is 20.3. The van der Waals surface area contributed by atoms with Crippen LogP contribution in [0.25, 0.3) is 0 Å². The van der Waals surface area contributed by atoms with Crippen molar-refractivity contribution in [2.24, 2.45) is 0 Å². The molecule has 0 radical (unpaired) electrons. The molecule has 0 aliphatic carbocycles. The molecule has 0 aliphatic rings. The number of carbonyl (C=O) groups excluding carboxylic acids is 2. The van der Waals surface area contributed by atoms with E-state index in [-0.39, 0.29) is 17.9 Å². The average Bonchev–Trinajstić information content (AvgIpc) is 2.72. The van der Waals surface area contributed by atoms with Gasteiger partial charge in [-0.25, -0.2) is 0 Å². The highest BCUT2D eigenvalue weighted by Crippen LogP contribution is 2.18. The lowest BCUT2D eigenvalue weighted by atomic mass is 10.1. The first-order valence-electron chi connectivity index (χ1n) is 10.4. The van der Waals surface area contributed by atoms with Crippen molar-refractivity contribution in [3.05, 3.63) is 70.2 Å². The van der Waals surface area contributed by atoms with Crippen LogP contribution in [0.15, 0.2) is 59.1 Å². The van der Waals surface area contributed by atoms with Gasteiger partial charge in [-0.05, 0) is 49.9 Å². The molecule has 0 aliphatic heterocycles. The van der Waals surface area contributed by atoms with Crippen LogP contribution in [0.2, 0.25) is 0 Å². The lowest BCUT2D eigenvalue weighted by Gasteiger charge is -2.31. The quantitative estimate of drug-likeness (QED) is 0.478. The van der Waals surface area contributed by atoms with Gasteiger partial charge in [0.05, 0.1) is 5.75 Å². The number of hydrogen-bond donors (Lipinski definition) is 1. The van der Waals surface area contributed by atoms with Crippen LogP contribution in [0, 0.1) is 0 Å². The number of benzene rings is 2. The van der Waals surface area contributed by atoms with Crippen LogP contribution in [-0.4, -0.2) is 41.1 Å². The molecular formula is C24H31BrN2O2S. The summed E-state index contributed by atoms with van der Waals surface area (Å²) in [6.07, 6.45) is 1.33. The summed E-state index contributed by atoms with van der Waals surface area (Å²) in [6, 6.07) is 17.8. The van der Waals surface area contributed by atoms with E-state index < -0.39 is 6.04 Å². The maximum absolute atomic E-state index is 13.1. The van der Waals surface area contributed by atoms with Crippen molar-refractivity contribution in [3.63, 3.8) is 0 Å². The van der Waals surface area contributed by atoms with Gasteiger partial charge >= 0.3 is 0 Å². The van der Waals surface area contributed by atoms with Crippen LogP contribution in [-0.2, 0) is 21.8 Å². The Labute approximate surface area is 192 Å². The van der Waals surface area contributed by atoms with Crippen LogP contribution in [0.5, 0.6) is 0 Å². The van der Waals surface area contributed by atoms with Crippen LogP contribution in [0.1, 0.15) is 38.3 Å². The Morgan fingerprint density at radius 2 is 1.70 bits per heavy atom. The van der Waals surface area contributed by atoms with E-state index in [1.54, 1.807) is 16.7 Å². The first-order valence-corrected chi connectivity index (χ1v) is 12.3. The van der Waals surface area contributed by atoms with Crippen molar-refractivity contribution in [2.45, 2.75) is 51.4 Å². The first-order chi connectivity index (χ1) is 14.4.